The van der Waals surface area contributed by atoms with E-state index in [-0.39, 0.29) is 11.8 Å². The normalized spacial score (nSPS) is 22.6. The standard InChI is InChI=1S/C12H16BrNO2S/c1-14(12-6-7-17(15,16)9-12)11-4-2-10(8-13)3-5-11/h2-5,12H,6-9H2,1H3. The first-order chi connectivity index (χ1) is 8.02. The van der Waals surface area contributed by atoms with Gasteiger partial charge in [-0.05, 0) is 24.1 Å². The number of rotatable bonds is 3. The van der Waals surface area contributed by atoms with E-state index in [9.17, 15) is 8.42 Å². The molecule has 1 unspecified atom stereocenters. The fourth-order valence-electron chi connectivity index (χ4n) is 2.11. The number of alkyl halides is 1. The van der Waals surface area contributed by atoms with Crippen LogP contribution in [0.15, 0.2) is 24.3 Å². The minimum Gasteiger partial charge on any atom is -0.371 e. The average molecular weight is 318 g/mol. The Labute approximate surface area is 111 Å². The molecular formula is C12H16BrNO2S. The molecule has 1 atom stereocenters. The summed E-state index contributed by atoms with van der Waals surface area (Å²) in [7, 11) is -0.844. The van der Waals surface area contributed by atoms with Crippen LogP contribution < -0.4 is 4.90 Å². The molecule has 0 amide bonds. The van der Waals surface area contributed by atoms with Crippen LogP contribution in [0.2, 0.25) is 0 Å². The summed E-state index contributed by atoms with van der Waals surface area (Å²) in [5.74, 6) is 0.602. The molecule has 5 heteroatoms. The maximum atomic E-state index is 11.4. The number of halogens is 1. The molecule has 0 radical (unpaired) electrons. The zero-order chi connectivity index (χ0) is 12.5. The number of anilines is 1. The molecule has 1 saturated heterocycles. The average Bonchev–Trinajstić information content (AvgIpc) is 2.69. The molecule has 0 N–H and O–H groups in total. The van der Waals surface area contributed by atoms with E-state index in [1.54, 1.807) is 0 Å². The third-order valence-corrected chi connectivity index (χ3v) is 5.65. The van der Waals surface area contributed by atoms with Crippen LogP contribution in [0.3, 0.4) is 0 Å². The van der Waals surface area contributed by atoms with Crippen molar-refractivity contribution in [1.29, 1.82) is 0 Å². The van der Waals surface area contributed by atoms with Crippen LogP contribution in [-0.4, -0.2) is 33.0 Å². The largest absolute Gasteiger partial charge is 0.371 e. The highest BCUT2D eigenvalue weighted by molar-refractivity contribution is 9.08. The molecule has 3 nitrogen and oxygen atoms in total. The first kappa shape index (κ1) is 12.9. The molecule has 0 bridgehead atoms. The zero-order valence-corrected chi connectivity index (χ0v) is 12.2. The second-order valence-corrected chi connectivity index (χ2v) is 7.26. The van der Waals surface area contributed by atoms with E-state index in [1.807, 2.05) is 19.2 Å². The van der Waals surface area contributed by atoms with E-state index in [0.29, 0.717) is 5.75 Å². The summed E-state index contributed by atoms with van der Waals surface area (Å²) in [5.41, 5.74) is 2.30. The Bertz CT molecular complexity index is 484. The molecule has 0 aliphatic carbocycles. The summed E-state index contributed by atoms with van der Waals surface area (Å²) < 4.78 is 22.9. The van der Waals surface area contributed by atoms with Crippen LogP contribution in [0.5, 0.6) is 0 Å². The Morgan fingerprint density at radius 2 is 2.00 bits per heavy atom. The van der Waals surface area contributed by atoms with E-state index in [2.05, 4.69) is 33.0 Å². The molecule has 1 fully saturated rings. The van der Waals surface area contributed by atoms with E-state index >= 15 is 0 Å². The van der Waals surface area contributed by atoms with Crippen LogP contribution >= 0.6 is 15.9 Å². The van der Waals surface area contributed by atoms with Gasteiger partial charge in [0.2, 0.25) is 0 Å². The molecular weight excluding hydrogens is 302 g/mol. The van der Waals surface area contributed by atoms with Crippen LogP contribution in [0.25, 0.3) is 0 Å². The quantitative estimate of drug-likeness (QED) is 0.802. The summed E-state index contributed by atoms with van der Waals surface area (Å²) in [6.45, 7) is 0. The van der Waals surface area contributed by atoms with Gasteiger partial charge in [-0.3, -0.25) is 0 Å². The maximum Gasteiger partial charge on any atom is 0.152 e. The van der Waals surface area contributed by atoms with Gasteiger partial charge in [-0.2, -0.15) is 0 Å². The first-order valence-corrected chi connectivity index (χ1v) is 8.54. The van der Waals surface area contributed by atoms with Gasteiger partial charge in [0.25, 0.3) is 0 Å². The highest BCUT2D eigenvalue weighted by atomic mass is 79.9. The summed E-state index contributed by atoms with van der Waals surface area (Å²) in [6, 6.07) is 8.33. The lowest BCUT2D eigenvalue weighted by molar-refractivity contribution is 0.601. The SMILES string of the molecule is CN(c1ccc(CBr)cc1)C1CCS(=O)(=O)C1. The van der Waals surface area contributed by atoms with Crippen molar-refractivity contribution in [3.63, 3.8) is 0 Å². The van der Waals surface area contributed by atoms with Crippen LogP contribution in [0.4, 0.5) is 5.69 Å². The molecule has 1 aromatic carbocycles. The molecule has 94 valence electrons. The van der Waals surface area contributed by atoms with Crippen molar-refractivity contribution in [2.45, 2.75) is 17.8 Å². The molecule has 17 heavy (non-hydrogen) atoms. The molecule has 1 aliphatic rings. The summed E-state index contributed by atoms with van der Waals surface area (Å²) in [4.78, 5) is 2.07. The Kier molecular flexibility index (Phi) is 3.78. The Morgan fingerprint density at radius 3 is 2.47 bits per heavy atom. The van der Waals surface area contributed by atoms with Gasteiger partial charge in [0.15, 0.2) is 9.84 Å². The maximum absolute atomic E-state index is 11.4. The van der Waals surface area contributed by atoms with Crippen molar-refractivity contribution in [1.82, 2.24) is 0 Å². The minimum absolute atomic E-state index is 0.120. The van der Waals surface area contributed by atoms with E-state index in [0.717, 1.165) is 17.4 Å². The summed E-state index contributed by atoms with van der Waals surface area (Å²) in [6.07, 6.45) is 0.735. The predicted octanol–water partition coefficient (Wildman–Crippen LogP) is 2.20. The van der Waals surface area contributed by atoms with Gasteiger partial charge in [-0.1, -0.05) is 28.1 Å². The fraction of sp³-hybridized carbons (Fsp3) is 0.500. The lowest BCUT2D eigenvalue weighted by Crippen LogP contribution is -2.32. The van der Waals surface area contributed by atoms with Gasteiger partial charge >= 0.3 is 0 Å². The smallest absolute Gasteiger partial charge is 0.152 e. The molecule has 1 aromatic rings. The second-order valence-electron chi connectivity index (χ2n) is 4.47. The Balaban J connectivity index is 2.11. The van der Waals surface area contributed by atoms with Gasteiger partial charge in [0.1, 0.15) is 0 Å². The van der Waals surface area contributed by atoms with Crippen molar-refractivity contribution < 1.29 is 8.42 Å². The van der Waals surface area contributed by atoms with E-state index in [4.69, 9.17) is 0 Å². The summed E-state index contributed by atoms with van der Waals surface area (Å²) in [5, 5.41) is 0.842. The van der Waals surface area contributed by atoms with Gasteiger partial charge < -0.3 is 4.90 Å². The van der Waals surface area contributed by atoms with Crippen LogP contribution in [0.1, 0.15) is 12.0 Å². The highest BCUT2D eigenvalue weighted by Gasteiger charge is 2.30. The second kappa shape index (κ2) is 4.98. The van der Waals surface area contributed by atoms with Gasteiger partial charge in [-0.15, -0.1) is 0 Å². The lowest BCUT2D eigenvalue weighted by atomic mass is 10.1. The minimum atomic E-state index is -2.81. The molecule has 2 rings (SSSR count). The Hall–Kier alpha value is -0.550. The predicted molar refractivity (Wildman–Crippen MR) is 74.5 cm³/mol. The van der Waals surface area contributed by atoms with Gasteiger partial charge in [0.05, 0.1) is 11.5 Å². The van der Waals surface area contributed by atoms with Crippen LogP contribution in [0, 0.1) is 0 Å². The number of benzene rings is 1. The van der Waals surface area contributed by atoms with Gasteiger partial charge in [0, 0.05) is 24.1 Å². The highest BCUT2D eigenvalue weighted by Crippen LogP contribution is 2.23. The van der Waals surface area contributed by atoms with E-state index < -0.39 is 9.84 Å². The molecule has 0 saturated carbocycles. The number of nitrogens with zero attached hydrogens (tertiary/aromatic N) is 1. The van der Waals surface area contributed by atoms with Crippen molar-refractivity contribution >= 4 is 31.5 Å². The van der Waals surface area contributed by atoms with Crippen LogP contribution in [-0.2, 0) is 15.2 Å². The number of sulfone groups is 1. The number of hydrogen-bond donors (Lipinski definition) is 0. The molecule has 0 aromatic heterocycles. The molecule has 0 spiro atoms. The molecule has 1 aliphatic heterocycles. The topological polar surface area (TPSA) is 37.4 Å². The van der Waals surface area contributed by atoms with E-state index in [1.165, 1.54) is 5.56 Å². The monoisotopic (exact) mass is 317 g/mol. The number of hydrogen-bond acceptors (Lipinski definition) is 3. The fourth-order valence-corrected chi connectivity index (χ4v) is 4.26. The van der Waals surface area contributed by atoms with Crippen molar-refractivity contribution in [2.24, 2.45) is 0 Å². The lowest BCUT2D eigenvalue weighted by Gasteiger charge is -2.25. The van der Waals surface area contributed by atoms with Crippen molar-refractivity contribution in [3.05, 3.63) is 29.8 Å². The summed E-state index contributed by atoms with van der Waals surface area (Å²) >= 11 is 3.41. The zero-order valence-electron chi connectivity index (χ0n) is 9.77. The van der Waals surface area contributed by atoms with Crippen molar-refractivity contribution in [3.8, 4) is 0 Å². The van der Waals surface area contributed by atoms with Gasteiger partial charge in [-0.25, -0.2) is 8.42 Å². The first-order valence-electron chi connectivity index (χ1n) is 5.60. The molecule has 1 heterocycles. The third kappa shape index (κ3) is 3.01. The van der Waals surface area contributed by atoms with Crippen molar-refractivity contribution in [2.75, 3.05) is 23.5 Å². The Morgan fingerprint density at radius 1 is 1.35 bits per heavy atom. The third-order valence-electron chi connectivity index (χ3n) is 3.25.